The highest BCUT2D eigenvalue weighted by molar-refractivity contribution is 5.75. The SMILES string of the molecule is COc1ccc(CN2CC=C[C@@H](OC(=O)C(C)(C)C)C2)cc1. The summed E-state index contributed by atoms with van der Waals surface area (Å²) in [4.78, 5) is 14.2. The van der Waals surface area contributed by atoms with Gasteiger partial charge in [0, 0.05) is 19.6 Å². The molecule has 4 nitrogen and oxygen atoms in total. The topological polar surface area (TPSA) is 38.8 Å². The van der Waals surface area contributed by atoms with Crippen molar-refractivity contribution in [2.45, 2.75) is 33.4 Å². The molecular formula is C18H25NO3. The van der Waals surface area contributed by atoms with Crippen LogP contribution in [-0.4, -0.2) is 37.2 Å². The molecule has 0 bridgehead atoms. The normalized spacial score (nSPS) is 19.0. The van der Waals surface area contributed by atoms with Crippen LogP contribution in [0.15, 0.2) is 36.4 Å². The Bertz CT molecular complexity index is 528. The predicted octanol–water partition coefficient (Wildman–Crippen LogP) is 3.02. The van der Waals surface area contributed by atoms with Crippen LogP contribution >= 0.6 is 0 Å². The molecule has 0 radical (unpaired) electrons. The van der Waals surface area contributed by atoms with Gasteiger partial charge in [-0.25, -0.2) is 0 Å². The second-order valence-electron chi connectivity index (χ2n) is 6.66. The standard InChI is InChI=1S/C18H25NO3/c1-18(2,3)17(20)22-16-6-5-11-19(13-16)12-14-7-9-15(21-4)10-8-14/h5-10,16H,11-13H2,1-4H3/t16-/m1/s1. The smallest absolute Gasteiger partial charge is 0.311 e. The molecule has 0 saturated carbocycles. The summed E-state index contributed by atoms with van der Waals surface area (Å²) in [6, 6.07) is 8.05. The van der Waals surface area contributed by atoms with Crippen LogP contribution in [0.2, 0.25) is 0 Å². The summed E-state index contributed by atoms with van der Waals surface area (Å²) < 4.78 is 10.7. The van der Waals surface area contributed by atoms with Crippen LogP contribution in [-0.2, 0) is 16.1 Å². The molecular weight excluding hydrogens is 278 g/mol. The quantitative estimate of drug-likeness (QED) is 0.633. The number of hydrogen-bond acceptors (Lipinski definition) is 4. The summed E-state index contributed by atoms with van der Waals surface area (Å²) in [6.07, 6.45) is 3.88. The molecule has 1 aromatic rings. The molecule has 1 aliphatic heterocycles. The van der Waals surface area contributed by atoms with Crippen molar-refractivity contribution in [3.8, 4) is 5.75 Å². The lowest BCUT2D eigenvalue weighted by Gasteiger charge is -2.30. The minimum absolute atomic E-state index is 0.159. The molecule has 0 fully saturated rings. The molecule has 0 spiro atoms. The molecule has 1 atom stereocenters. The molecule has 2 rings (SSSR count). The zero-order valence-electron chi connectivity index (χ0n) is 13.8. The number of carbonyl (C=O) groups is 1. The highest BCUT2D eigenvalue weighted by atomic mass is 16.5. The molecule has 0 saturated heterocycles. The van der Waals surface area contributed by atoms with Crippen LogP contribution in [0.25, 0.3) is 0 Å². The van der Waals surface area contributed by atoms with E-state index in [4.69, 9.17) is 9.47 Å². The molecule has 0 amide bonds. The van der Waals surface area contributed by atoms with Crippen molar-refractivity contribution in [2.75, 3.05) is 20.2 Å². The first-order chi connectivity index (χ1) is 10.4. The van der Waals surface area contributed by atoms with Gasteiger partial charge in [0.15, 0.2) is 0 Å². The van der Waals surface area contributed by atoms with Gasteiger partial charge in [-0.3, -0.25) is 9.69 Å². The first-order valence-corrected chi connectivity index (χ1v) is 7.61. The Labute approximate surface area is 132 Å². The maximum atomic E-state index is 12.0. The molecule has 4 heteroatoms. The van der Waals surface area contributed by atoms with Gasteiger partial charge in [-0.1, -0.05) is 18.2 Å². The van der Waals surface area contributed by atoms with E-state index in [-0.39, 0.29) is 12.1 Å². The van der Waals surface area contributed by atoms with Crippen molar-refractivity contribution in [1.82, 2.24) is 4.90 Å². The van der Waals surface area contributed by atoms with Crippen LogP contribution in [0.4, 0.5) is 0 Å². The average molecular weight is 303 g/mol. The molecule has 1 aromatic carbocycles. The van der Waals surface area contributed by atoms with Gasteiger partial charge in [0.25, 0.3) is 0 Å². The van der Waals surface area contributed by atoms with E-state index in [1.807, 2.05) is 39.0 Å². The van der Waals surface area contributed by atoms with Crippen molar-refractivity contribution >= 4 is 5.97 Å². The number of hydrogen-bond donors (Lipinski definition) is 0. The van der Waals surface area contributed by atoms with Crippen LogP contribution in [0, 0.1) is 5.41 Å². The fraction of sp³-hybridized carbons (Fsp3) is 0.500. The number of rotatable bonds is 4. The molecule has 22 heavy (non-hydrogen) atoms. The monoisotopic (exact) mass is 303 g/mol. The fourth-order valence-electron chi connectivity index (χ4n) is 2.26. The van der Waals surface area contributed by atoms with Gasteiger partial charge in [-0.05, 0) is 44.5 Å². The summed E-state index contributed by atoms with van der Waals surface area (Å²) in [7, 11) is 1.67. The van der Waals surface area contributed by atoms with Gasteiger partial charge in [0.05, 0.1) is 12.5 Å². The third-order valence-electron chi connectivity index (χ3n) is 3.59. The number of benzene rings is 1. The molecule has 0 aliphatic carbocycles. The Morgan fingerprint density at radius 3 is 2.55 bits per heavy atom. The van der Waals surface area contributed by atoms with E-state index >= 15 is 0 Å². The van der Waals surface area contributed by atoms with Gasteiger partial charge in [0.2, 0.25) is 0 Å². The Hall–Kier alpha value is -1.81. The maximum absolute atomic E-state index is 12.0. The average Bonchev–Trinajstić information content (AvgIpc) is 2.47. The highest BCUT2D eigenvalue weighted by Crippen LogP contribution is 2.19. The van der Waals surface area contributed by atoms with Gasteiger partial charge in [-0.2, -0.15) is 0 Å². The van der Waals surface area contributed by atoms with E-state index in [0.717, 1.165) is 25.4 Å². The van der Waals surface area contributed by atoms with E-state index in [1.54, 1.807) is 7.11 Å². The third kappa shape index (κ3) is 4.60. The van der Waals surface area contributed by atoms with Crippen molar-refractivity contribution in [1.29, 1.82) is 0 Å². The van der Waals surface area contributed by atoms with E-state index in [1.165, 1.54) is 5.56 Å². The molecule has 120 valence electrons. The summed E-state index contributed by atoms with van der Waals surface area (Å²) in [5.41, 5.74) is 0.753. The van der Waals surface area contributed by atoms with E-state index in [9.17, 15) is 4.79 Å². The number of esters is 1. The first kappa shape index (κ1) is 16.6. The third-order valence-corrected chi connectivity index (χ3v) is 3.59. The molecule has 1 heterocycles. The van der Waals surface area contributed by atoms with E-state index in [0.29, 0.717) is 0 Å². The number of nitrogens with zero attached hydrogens (tertiary/aromatic N) is 1. The Balaban J connectivity index is 1.91. The molecule has 0 unspecified atom stereocenters. The van der Waals surface area contributed by atoms with Crippen LogP contribution in [0.1, 0.15) is 26.3 Å². The Morgan fingerprint density at radius 1 is 1.27 bits per heavy atom. The van der Waals surface area contributed by atoms with Crippen molar-refractivity contribution in [3.05, 3.63) is 42.0 Å². The minimum Gasteiger partial charge on any atom is -0.497 e. The number of methoxy groups -OCH3 is 1. The molecule has 1 aliphatic rings. The second-order valence-corrected chi connectivity index (χ2v) is 6.66. The highest BCUT2D eigenvalue weighted by Gasteiger charge is 2.27. The van der Waals surface area contributed by atoms with Gasteiger partial charge < -0.3 is 9.47 Å². The van der Waals surface area contributed by atoms with Crippen molar-refractivity contribution in [2.24, 2.45) is 5.41 Å². The molecule has 0 aromatic heterocycles. The van der Waals surface area contributed by atoms with Crippen LogP contribution in [0.3, 0.4) is 0 Å². The maximum Gasteiger partial charge on any atom is 0.311 e. The lowest BCUT2D eigenvalue weighted by molar-refractivity contribution is -0.157. The molecule has 0 N–H and O–H groups in total. The Morgan fingerprint density at radius 2 is 1.95 bits per heavy atom. The zero-order chi connectivity index (χ0) is 16.2. The van der Waals surface area contributed by atoms with Gasteiger partial charge in [-0.15, -0.1) is 0 Å². The lowest BCUT2D eigenvalue weighted by Crippen LogP contribution is -2.39. The minimum atomic E-state index is -0.466. The first-order valence-electron chi connectivity index (χ1n) is 7.61. The number of ether oxygens (including phenoxy) is 2. The van der Waals surface area contributed by atoms with Crippen LogP contribution < -0.4 is 4.74 Å². The van der Waals surface area contributed by atoms with Crippen molar-refractivity contribution < 1.29 is 14.3 Å². The predicted molar refractivity (Wildman–Crippen MR) is 86.7 cm³/mol. The Kier molecular flexibility index (Phi) is 5.24. The number of carbonyl (C=O) groups excluding carboxylic acids is 1. The van der Waals surface area contributed by atoms with Gasteiger partial charge >= 0.3 is 5.97 Å². The van der Waals surface area contributed by atoms with Crippen LogP contribution in [0.5, 0.6) is 5.75 Å². The van der Waals surface area contributed by atoms with E-state index < -0.39 is 5.41 Å². The summed E-state index contributed by atoms with van der Waals surface area (Å²) in [6.45, 7) is 8.04. The van der Waals surface area contributed by atoms with Crippen molar-refractivity contribution in [3.63, 3.8) is 0 Å². The van der Waals surface area contributed by atoms with E-state index in [2.05, 4.69) is 23.1 Å². The fourth-order valence-corrected chi connectivity index (χ4v) is 2.26. The largest absolute Gasteiger partial charge is 0.497 e. The summed E-state index contributed by atoms with van der Waals surface area (Å²) >= 11 is 0. The lowest BCUT2D eigenvalue weighted by atomic mass is 9.97. The van der Waals surface area contributed by atoms with Gasteiger partial charge in [0.1, 0.15) is 11.9 Å². The second kappa shape index (κ2) is 6.97. The summed E-state index contributed by atoms with van der Waals surface area (Å²) in [5, 5.41) is 0. The summed E-state index contributed by atoms with van der Waals surface area (Å²) in [5.74, 6) is 0.702. The zero-order valence-corrected chi connectivity index (χ0v) is 13.8.